The Morgan fingerprint density at radius 3 is 0.544 bits per heavy atom. The molecule has 0 amide bonds. The molecule has 57 heavy (non-hydrogen) atoms. The van der Waals surface area contributed by atoms with Gasteiger partial charge in [-0.05, 0) is 68.9 Å². The fourth-order valence-corrected chi connectivity index (χ4v) is 9.97. The van der Waals surface area contributed by atoms with Crippen LogP contribution in [0, 0.1) is 0 Å². The molecule has 0 heteroatoms. The van der Waals surface area contributed by atoms with Crippen LogP contribution in [0.4, 0.5) is 0 Å². The molecular formula is C57H110. The number of hydrogen-bond donors (Lipinski definition) is 0. The van der Waals surface area contributed by atoms with E-state index >= 15 is 0 Å². The molecule has 0 aromatic heterocycles. The van der Waals surface area contributed by atoms with Gasteiger partial charge in [-0.15, -0.1) is 0 Å². The zero-order valence-corrected chi connectivity index (χ0v) is 40.6. The van der Waals surface area contributed by atoms with Crippen LogP contribution in [0.2, 0.25) is 0 Å². The second-order valence-corrected chi connectivity index (χ2v) is 19.5. The third kappa shape index (κ3) is 34.8. The zero-order valence-electron chi connectivity index (χ0n) is 40.6. The minimum absolute atomic E-state index is 1.37. The summed E-state index contributed by atoms with van der Waals surface area (Å²) in [4.78, 5) is 0. The maximum Gasteiger partial charge on any atom is -0.00966 e. The number of rotatable bonds is 48. The minimum atomic E-state index is 1.37. The molecule has 338 valence electrons. The molecule has 0 saturated carbocycles. The molecule has 0 spiro atoms. The lowest BCUT2D eigenvalue weighted by atomic mass is 9.91. The summed E-state index contributed by atoms with van der Waals surface area (Å²) >= 11 is 0. The summed E-state index contributed by atoms with van der Waals surface area (Å²) in [7, 11) is 0. The minimum Gasteiger partial charge on any atom is -0.0654 e. The Morgan fingerprint density at radius 2 is 0.351 bits per heavy atom. The highest BCUT2D eigenvalue weighted by Crippen LogP contribution is 2.42. The lowest BCUT2D eigenvalue weighted by Crippen LogP contribution is -1.95. The van der Waals surface area contributed by atoms with Crippen molar-refractivity contribution in [3.05, 3.63) is 22.3 Å². The Hall–Kier alpha value is -0.520. The van der Waals surface area contributed by atoms with Gasteiger partial charge in [0.15, 0.2) is 0 Å². The summed E-state index contributed by atoms with van der Waals surface area (Å²) in [5.41, 5.74) is 7.69. The van der Waals surface area contributed by atoms with Crippen LogP contribution in [-0.2, 0) is 0 Å². The van der Waals surface area contributed by atoms with Gasteiger partial charge < -0.3 is 0 Å². The summed E-state index contributed by atoms with van der Waals surface area (Å²) in [5.74, 6) is 0. The van der Waals surface area contributed by atoms with Crippen LogP contribution in [0.1, 0.15) is 342 Å². The van der Waals surface area contributed by atoms with E-state index in [0.717, 1.165) is 0 Å². The predicted molar refractivity (Wildman–Crippen MR) is 263 cm³/mol. The first-order valence-electron chi connectivity index (χ1n) is 27.7. The highest BCUT2D eigenvalue weighted by Gasteiger charge is 2.23. The van der Waals surface area contributed by atoms with Gasteiger partial charge in [0.05, 0.1) is 0 Å². The van der Waals surface area contributed by atoms with Crippen molar-refractivity contribution in [3.8, 4) is 0 Å². The van der Waals surface area contributed by atoms with E-state index in [4.69, 9.17) is 0 Å². The van der Waals surface area contributed by atoms with Crippen molar-refractivity contribution in [1.82, 2.24) is 0 Å². The normalized spacial score (nSPS) is 13.3. The summed E-state index contributed by atoms with van der Waals surface area (Å²) in [6.45, 7) is 9.33. The maximum absolute atomic E-state index is 2.33. The van der Waals surface area contributed by atoms with Crippen LogP contribution < -0.4 is 0 Å². The number of allylic oxidation sites excluding steroid dienone is 4. The van der Waals surface area contributed by atoms with E-state index < -0.39 is 0 Å². The molecule has 0 aromatic rings. The molecule has 0 fully saturated rings. The van der Waals surface area contributed by atoms with Crippen LogP contribution in [0.5, 0.6) is 0 Å². The highest BCUT2D eigenvalue weighted by molar-refractivity contribution is 5.47. The zero-order chi connectivity index (χ0) is 41.0. The van der Waals surface area contributed by atoms with E-state index in [-0.39, 0.29) is 0 Å². The van der Waals surface area contributed by atoms with Gasteiger partial charge in [-0.2, -0.15) is 0 Å². The summed E-state index contributed by atoms with van der Waals surface area (Å²) in [5, 5.41) is 0. The van der Waals surface area contributed by atoms with Gasteiger partial charge in [0.25, 0.3) is 0 Å². The first-order chi connectivity index (χ1) is 28.3. The summed E-state index contributed by atoms with van der Waals surface area (Å²) in [6.07, 6.45) is 71.1. The summed E-state index contributed by atoms with van der Waals surface area (Å²) < 4.78 is 0. The number of hydrogen-bond acceptors (Lipinski definition) is 0. The van der Waals surface area contributed by atoms with Gasteiger partial charge in [0, 0.05) is 0 Å². The molecule has 0 unspecified atom stereocenters. The van der Waals surface area contributed by atoms with Crippen molar-refractivity contribution >= 4 is 0 Å². The number of unbranched alkanes of at least 4 members (excludes halogenated alkanes) is 40. The predicted octanol–water partition coefficient (Wildman–Crippen LogP) is 21.8. The van der Waals surface area contributed by atoms with Gasteiger partial charge in [0.1, 0.15) is 0 Å². The van der Waals surface area contributed by atoms with Gasteiger partial charge >= 0.3 is 0 Å². The average molecular weight is 796 g/mol. The van der Waals surface area contributed by atoms with Gasteiger partial charge in [-0.25, -0.2) is 0 Å². The van der Waals surface area contributed by atoms with E-state index in [1.54, 1.807) is 0 Å². The first kappa shape index (κ1) is 54.5. The van der Waals surface area contributed by atoms with Crippen molar-refractivity contribution in [2.24, 2.45) is 0 Å². The van der Waals surface area contributed by atoms with Crippen molar-refractivity contribution in [2.75, 3.05) is 0 Å². The van der Waals surface area contributed by atoms with E-state index in [1.807, 2.05) is 22.3 Å². The van der Waals surface area contributed by atoms with E-state index in [9.17, 15) is 0 Å². The van der Waals surface area contributed by atoms with Crippen LogP contribution >= 0.6 is 0 Å². The van der Waals surface area contributed by atoms with Crippen LogP contribution in [0.3, 0.4) is 0 Å². The third-order valence-electron chi connectivity index (χ3n) is 13.9. The van der Waals surface area contributed by atoms with Crippen molar-refractivity contribution in [2.45, 2.75) is 342 Å². The molecule has 0 saturated heterocycles. The van der Waals surface area contributed by atoms with Crippen LogP contribution in [0.15, 0.2) is 22.3 Å². The fraction of sp³-hybridized carbons (Fsp3) is 0.930. The second kappa shape index (κ2) is 45.0. The maximum atomic E-state index is 2.33. The Balaban J connectivity index is 2.71. The lowest BCUT2D eigenvalue weighted by molar-refractivity contribution is 0.545. The molecule has 1 rings (SSSR count). The molecule has 0 N–H and O–H groups in total. The second-order valence-electron chi connectivity index (χ2n) is 19.5. The molecule has 0 aromatic carbocycles. The van der Waals surface area contributed by atoms with Crippen molar-refractivity contribution < 1.29 is 0 Å². The molecule has 0 atom stereocenters. The Labute approximate surface area is 363 Å². The largest absolute Gasteiger partial charge is 0.0654 e. The lowest BCUT2D eigenvalue weighted by Gasteiger charge is -2.14. The first-order valence-corrected chi connectivity index (χ1v) is 27.7. The Kier molecular flexibility index (Phi) is 43.0. The topological polar surface area (TPSA) is 0 Å². The SMILES string of the molecule is CCCCCCCCCCCCCC1=C(CCCCCCCCCCCCC)C(CCCCCCCCCCCCC)=C(CCCCCCCCCCCCC)C1. The quantitative estimate of drug-likeness (QED) is 0.0538. The molecule has 0 heterocycles. The molecule has 0 bridgehead atoms. The molecular weight excluding hydrogens is 685 g/mol. The van der Waals surface area contributed by atoms with E-state index in [1.165, 1.54) is 315 Å². The Morgan fingerprint density at radius 1 is 0.193 bits per heavy atom. The van der Waals surface area contributed by atoms with E-state index in [0.29, 0.717) is 0 Å². The molecule has 1 aliphatic carbocycles. The Bertz CT molecular complexity index is 787. The van der Waals surface area contributed by atoms with Gasteiger partial charge in [-0.3, -0.25) is 0 Å². The summed E-state index contributed by atoms with van der Waals surface area (Å²) in [6, 6.07) is 0. The highest BCUT2D eigenvalue weighted by atomic mass is 14.3. The average Bonchev–Trinajstić information content (AvgIpc) is 3.55. The molecule has 0 aliphatic heterocycles. The van der Waals surface area contributed by atoms with Crippen LogP contribution in [-0.4, -0.2) is 0 Å². The van der Waals surface area contributed by atoms with Gasteiger partial charge in [-0.1, -0.05) is 296 Å². The van der Waals surface area contributed by atoms with E-state index in [2.05, 4.69) is 27.7 Å². The van der Waals surface area contributed by atoms with Crippen molar-refractivity contribution in [3.63, 3.8) is 0 Å². The monoisotopic (exact) mass is 795 g/mol. The third-order valence-corrected chi connectivity index (χ3v) is 13.9. The van der Waals surface area contributed by atoms with Crippen molar-refractivity contribution in [1.29, 1.82) is 0 Å². The fourth-order valence-electron chi connectivity index (χ4n) is 9.97. The molecule has 1 aliphatic rings. The van der Waals surface area contributed by atoms with Gasteiger partial charge in [0.2, 0.25) is 0 Å². The molecule has 0 radical (unpaired) electrons. The molecule has 0 nitrogen and oxygen atoms in total. The smallest absolute Gasteiger partial charge is 0.00966 e. The standard InChI is InChI=1S/C57H110/c1-5-9-13-17-21-25-29-33-37-41-45-49-54-53-55(50-46-42-38-34-30-26-22-18-14-10-6-2)57(52-48-44-40-36-32-28-24-20-16-12-8-4)56(54)51-47-43-39-35-31-27-23-19-15-11-7-3/h5-53H2,1-4H3. The van der Waals surface area contributed by atoms with Crippen LogP contribution in [0.25, 0.3) is 0 Å².